The number of amides is 1. The van der Waals surface area contributed by atoms with Crippen molar-refractivity contribution in [3.8, 4) is 11.1 Å². The second kappa shape index (κ2) is 12.9. The van der Waals surface area contributed by atoms with E-state index in [2.05, 4.69) is 9.73 Å². The molecule has 0 bridgehead atoms. The van der Waals surface area contributed by atoms with Gasteiger partial charge in [-0.25, -0.2) is 4.79 Å². The maximum atomic E-state index is 13.1. The Bertz CT molecular complexity index is 1100. The number of fused-ring (bicyclic) bond motifs is 3. The highest BCUT2D eigenvalue weighted by Gasteiger charge is 2.32. The standard InChI is InChI=1S/C28H34N2O7/c1-4-5-6-15-24(27(33)34)30(2)26(32)23(16-25(31)36-3)29-28(35)37-17-22-20-13-9-7-11-18(20)19-12-8-10-14-21(19)22/h7-14,22-24H,4-6,15-17H2,1-3H3,(H,29,35)(H,33,34)/p-1/t23-,24-/m0/s1. The van der Waals surface area contributed by atoms with E-state index >= 15 is 0 Å². The second-order valence-corrected chi connectivity index (χ2v) is 9.03. The van der Waals surface area contributed by atoms with Crippen LogP contribution in [-0.2, 0) is 23.9 Å². The van der Waals surface area contributed by atoms with E-state index in [9.17, 15) is 24.6 Å². The molecule has 2 aromatic rings. The van der Waals surface area contributed by atoms with E-state index < -0.39 is 42.4 Å². The molecule has 9 heteroatoms. The van der Waals surface area contributed by atoms with Crippen molar-refractivity contribution in [3.63, 3.8) is 0 Å². The molecule has 1 aliphatic carbocycles. The number of ether oxygens (including phenoxy) is 2. The summed E-state index contributed by atoms with van der Waals surface area (Å²) in [6.07, 6.45) is 1.08. The van der Waals surface area contributed by atoms with Gasteiger partial charge >= 0.3 is 11.9 Å². The summed E-state index contributed by atoms with van der Waals surface area (Å²) in [7, 11) is 2.50. The van der Waals surface area contributed by atoms with Gasteiger partial charge in [-0.05, 0) is 28.7 Å². The molecule has 9 nitrogen and oxygen atoms in total. The molecule has 0 aromatic heterocycles. The van der Waals surface area contributed by atoms with Crippen LogP contribution in [0.1, 0.15) is 56.1 Å². The Kier molecular flexibility index (Phi) is 9.65. The largest absolute Gasteiger partial charge is 0.599 e. The third kappa shape index (κ3) is 6.67. The molecule has 0 aliphatic heterocycles. The van der Waals surface area contributed by atoms with E-state index in [1.54, 1.807) is 0 Å². The molecule has 2 atom stereocenters. The summed E-state index contributed by atoms with van der Waals surface area (Å²) in [5.74, 6) is -2.87. The summed E-state index contributed by atoms with van der Waals surface area (Å²) in [6, 6.07) is 13.2. The number of carboxylic acid groups (broad SMARTS) is 1. The molecule has 198 valence electrons. The first-order valence-corrected chi connectivity index (χ1v) is 12.4. The van der Waals surface area contributed by atoms with Gasteiger partial charge in [0.25, 0.3) is 0 Å². The summed E-state index contributed by atoms with van der Waals surface area (Å²) in [6.45, 7) is 1.99. The van der Waals surface area contributed by atoms with Crippen molar-refractivity contribution in [1.29, 1.82) is 0 Å². The number of nitrogens with zero attached hydrogens (tertiary/aromatic N) is 2. The monoisotopic (exact) mass is 509 g/mol. The molecule has 0 heterocycles. The topological polar surface area (TPSA) is 129 Å². The van der Waals surface area contributed by atoms with Crippen LogP contribution in [0.5, 0.6) is 0 Å². The third-order valence-corrected chi connectivity index (χ3v) is 6.65. The van der Waals surface area contributed by atoms with Crippen molar-refractivity contribution in [2.75, 3.05) is 20.8 Å². The van der Waals surface area contributed by atoms with Gasteiger partial charge < -0.3 is 24.6 Å². The van der Waals surface area contributed by atoms with Crippen LogP contribution in [0.15, 0.2) is 53.5 Å². The molecule has 0 saturated carbocycles. The number of likely N-dealkylation sites (N-methyl/N-ethyl adjacent to an activating group) is 1. The van der Waals surface area contributed by atoms with Crippen LogP contribution in [0.25, 0.3) is 11.1 Å². The Balaban J connectivity index is 1.77. The Morgan fingerprint density at radius 2 is 1.65 bits per heavy atom. The number of esters is 1. The Labute approximate surface area is 216 Å². The molecule has 2 aromatic carbocycles. The van der Waals surface area contributed by atoms with Crippen LogP contribution < -0.4 is 5.11 Å². The van der Waals surface area contributed by atoms with E-state index in [1.807, 2.05) is 55.5 Å². The lowest BCUT2D eigenvalue weighted by molar-refractivity contribution is -0.251. The number of carbonyl (C=O) groups is 3. The minimum absolute atomic E-state index is 0.000102. The van der Waals surface area contributed by atoms with Crippen molar-refractivity contribution in [2.45, 2.75) is 57.0 Å². The smallest absolute Gasteiger partial charge is 0.326 e. The number of unbranched alkanes of at least 4 members (excludes halogenated alkanes) is 2. The second-order valence-electron chi connectivity index (χ2n) is 9.03. The number of carboxylic acids is 1. The normalized spacial score (nSPS) is 14.3. The van der Waals surface area contributed by atoms with Gasteiger partial charge in [-0.3, -0.25) is 14.6 Å². The quantitative estimate of drug-likeness (QED) is 0.202. The molecule has 1 amide bonds. The number of benzene rings is 2. The summed E-state index contributed by atoms with van der Waals surface area (Å²) in [5, 5.41) is 22.4. The lowest BCUT2D eigenvalue weighted by Crippen LogP contribution is -2.47. The molecule has 0 fully saturated rings. The van der Waals surface area contributed by atoms with Crippen LogP contribution in [0.3, 0.4) is 0 Å². The van der Waals surface area contributed by atoms with Crippen LogP contribution in [-0.4, -0.2) is 66.8 Å². The van der Waals surface area contributed by atoms with Crippen LogP contribution in [0.4, 0.5) is 0 Å². The fourth-order valence-corrected chi connectivity index (χ4v) is 4.65. The Hall–Kier alpha value is -3.88. The van der Waals surface area contributed by atoms with Gasteiger partial charge in [0.05, 0.1) is 13.5 Å². The fourth-order valence-electron chi connectivity index (χ4n) is 4.65. The maximum absolute atomic E-state index is 13.1. The molecule has 1 aliphatic rings. The van der Waals surface area contributed by atoms with E-state index in [0.717, 1.165) is 47.1 Å². The zero-order chi connectivity index (χ0) is 26.9. The van der Waals surface area contributed by atoms with Crippen molar-refractivity contribution in [1.82, 2.24) is 4.90 Å². The Morgan fingerprint density at radius 1 is 1.05 bits per heavy atom. The van der Waals surface area contributed by atoms with Crippen LogP contribution >= 0.6 is 0 Å². The average Bonchev–Trinajstić information content (AvgIpc) is 3.22. The van der Waals surface area contributed by atoms with Gasteiger partial charge in [-0.1, -0.05) is 74.7 Å². The number of hydrogen-bond donors (Lipinski definition) is 1. The van der Waals surface area contributed by atoms with Crippen molar-refractivity contribution in [2.24, 2.45) is 4.99 Å². The summed E-state index contributed by atoms with van der Waals surface area (Å²) >= 11 is 0. The van der Waals surface area contributed by atoms with Gasteiger partial charge in [0, 0.05) is 19.6 Å². The number of aliphatic carboxylic acids is 1. The van der Waals surface area contributed by atoms with E-state index in [-0.39, 0.29) is 18.9 Å². The number of aliphatic imine (C=N–C) groups is 1. The summed E-state index contributed by atoms with van der Waals surface area (Å²) in [5.41, 5.74) is 4.18. The molecule has 0 unspecified atom stereocenters. The van der Waals surface area contributed by atoms with Gasteiger partial charge in [-0.2, -0.15) is 0 Å². The molecule has 0 radical (unpaired) electrons. The predicted molar refractivity (Wildman–Crippen MR) is 136 cm³/mol. The number of hydrogen-bond acceptors (Lipinski definition) is 7. The van der Waals surface area contributed by atoms with Gasteiger partial charge in [0.2, 0.25) is 5.91 Å². The summed E-state index contributed by atoms with van der Waals surface area (Å²) < 4.78 is 10.1. The molecule has 37 heavy (non-hydrogen) atoms. The average molecular weight is 510 g/mol. The molecule has 0 saturated heterocycles. The minimum atomic E-state index is -1.46. The zero-order valence-corrected chi connectivity index (χ0v) is 21.4. The lowest BCUT2D eigenvalue weighted by Gasteiger charge is -2.28. The van der Waals surface area contributed by atoms with Crippen molar-refractivity contribution in [3.05, 3.63) is 59.7 Å². The minimum Gasteiger partial charge on any atom is -0.599 e. The first-order chi connectivity index (χ1) is 17.8. The Morgan fingerprint density at radius 3 is 2.19 bits per heavy atom. The first-order valence-electron chi connectivity index (χ1n) is 12.4. The first kappa shape index (κ1) is 27.7. The number of methoxy groups -OCH3 is 1. The molecular weight excluding hydrogens is 476 g/mol. The van der Waals surface area contributed by atoms with Crippen LogP contribution in [0.2, 0.25) is 0 Å². The highest BCUT2D eigenvalue weighted by Crippen LogP contribution is 2.44. The maximum Gasteiger partial charge on any atom is 0.326 e. The van der Waals surface area contributed by atoms with Crippen molar-refractivity contribution >= 4 is 23.9 Å². The predicted octanol–water partition coefficient (Wildman–Crippen LogP) is 2.96. The molecule has 3 rings (SSSR count). The fraction of sp³-hybridized carbons (Fsp3) is 0.429. The van der Waals surface area contributed by atoms with Gasteiger partial charge in [0.1, 0.15) is 18.2 Å². The van der Waals surface area contributed by atoms with E-state index in [0.29, 0.717) is 6.42 Å². The highest BCUT2D eigenvalue weighted by atomic mass is 16.6. The molecule has 0 spiro atoms. The van der Waals surface area contributed by atoms with E-state index in [4.69, 9.17) is 4.74 Å². The van der Waals surface area contributed by atoms with Gasteiger partial charge in [-0.15, -0.1) is 0 Å². The summed E-state index contributed by atoms with van der Waals surface area (Å²) in [4.78, 5) is 41.8. The SMILES string of the molecule is CCCCC[C@@H](C(=O)O)N(C)C(=O)[C@H](CC(=O)OC)N=C([O-])OCC1c2ccccc2-c2ccccc21. The lowest BCUT2D eigenvalue weighted by atomic mass is 9.98. The van der Waals surface area contributed by atoms with Crippen LogP contribution in [0, 0.1) is 0 Å². The van der Waals surface area contributed by atoms with E-state index in [1.165, 1.54) is 7.05 Å². The van der Waals surface area contributed by atoms with Crippen molar-refractivity contribution < 1.29 is 34.1 Å². The number of rotatable bonds is 12. The molecule has 1 N–H and O–H groups in total. The van der Waals surface area contributed by atoms with Gasteiger partial charge in [0.15, 0.2) is 0 Å². The zero-order valence-electron chi connectivity index (χ0n) is 21.4. The third-order valence-electron chi connectivity index (χ3n) is 6.65. The number of carbonyl (C=O) groups excluding carboxylic acids is 2. The molecular formula is C28H33N2O7-. The highest BCUT2D eigenvalue weighted by molar-refractivity contribution is 5.91.